The largest absolute Gasteiger partial charge is 0.462 e. The first kappa shape index (κ1) is 14.7. The minimum Gasteiger partial charge on any atom is -0.462 e. The minimum atomic E-state index is -0.466. The second kappa shape index (κ2) is 5.51. The van der Waals surface area contributed by atoms with Gasteiger partial charge < -0.3 is 19.4 Å². The molecule has 1 aliphatic rings. The number of amides is 1. The van der Waals surface area contributed by atoms with Crippen LogP contribution in [0.4, 0.5) is 10.5 Å². The summed E-state index contributed by atoms with van der Waals surface area (Å²) in [6.07, 6.45) is 5.79. The highest BCUT2D eigenvalue weighted by Gasteiger charge is 2.30. The Morgan fingerprint density at radius 1 is 1.45 bits per heavy atom. The Bertz CT molecular complexity index is 675. The lowest BCUT2D eigenvalue weighted by molar-refractivity contribution is 0.0293. The molecule has 6 nitrogen and oxygen atoms in total. The van der Waals surface area contributed by atoms with Gasteiger partial charge in [0.05, 0.1) is 18.1 Å². The van der Waals surface area contributed by atoms with E-state index in [4.69, 9.17) is 9.15 Å². The second-order valence-corrected chi connectivity index (χ2v) is 6.58. The van der Waals surface area contributed by atoms with Gasteiger partial charge in [-0.1, -0.05) is 0 Å². The first-order valence-corrected chi connectivity index (χ1v) is 7.48. The lowest BCUT2D eigenvalue weighted by Gasteiger charge is -2.24. The molecule has 0 spiro atoms. The van der Waals surface area contributed by atoms with Crippen LogP contribution in [0.25, 0.3) is 11.0 Å². The molecule has 1 aliphatic heterocycles. The molecule has 3 heterocycles. The van der Waals surface area contributed by atoms with Gasteiger partial charge >= 0.3 is 6.09 Å². The highest BCUT2D eigenvalue weighted by Crippen LogP contribution is 2.25. The number of fused-ring (bicyclic) bond motifs is 1. The highest BCUT2D eigenvalue weighted by atomic mass is 16.6. The monoisotopic (exact) mass is 303 g/mol. The Morgan fingerprint density at radius 2 is 2.27 bits per heavy atom. The Balaban J connectivity index is 1.64. The quantitative estimate of drug-likeness (QED) is 0.922. The van der Waals surface area contributed by atoms with Gasteiger partial charge in [0.15, 0.2) is 5.58 Å². The number of furan rings is 1. The molecule has 1 atom stereocenters. The highest BCUT2D eigenvalue weighted by molar-refractivity contribution is 5.87. The fourth-order valence-electron chi connectivity index (χ4n) is 2.58. The second-order valence-electron chi connectivity index (χ2n) is 6.58. The predicted octanol–water partition coefficient (Wildman–Crippen LogP) is 3.25. The van der Waals surface area contributed by atoms with E-state index in [0.717, 1.165) is 23.1 Å². The first-order valence-electron chi connectivity index (χ1n) is 7.48. The first-order chi connectivity index (χ1) is 10.4. The van der Waals surface area contributed by atoms with Crippen molar-refractivity contribution in [1.82, 2.24) is 9.88 Å². The molecule has 1 N–H and O–H groups in total. The van der Waals surface area contributed by atoms with E-state index >= 15 is 0 Å². The summed E-state index contributed by atoms with van der Waals surface area (Å²) in [7, 11) is 0. The number of carbonyl (C=O) groups is 1. The number of ether oxygens (including phenoxy) is 1. The van der Waals surface area contributed by atoms with Crippen molar-refractivity contribution in [3.05, 3.63) is 24.7 Å². The molecule has 0 unspecified atom stereocenters. The van der Waals surface area contributed by atoms with Crippen molar-refractivity contribution in [3.8, 4) is 0 Å². The molecule has 6 heteroatoms. The zero-order chi connectivity index (χ0) is 15.7. The lowest BCUT2D eigenvalue weighted by Crippen LogP contribution is -2.36. The summed E-state index contributed by atoms with van der Waals surface area (Å²) in [6.45, 7) is 6.93. The number of carbonyl (C=O) groups excluding carboxylic acids is 1. The van der Waals surface area contributed by atoms with E-state index in [0.29, 0.717) is 13.1 Å². The third-order valence-electron chi connectivity index (χ3n) is 3.56. The van der Waals surface area contributed by atoms with Gasteiger partial charge in [-0.25, -0.2) is 4.79 Å². The fraction of sp³-hybridized carbons (Fsp3) is 0.500. The molecule has 22 heavy (non-hydrogen) atoms. The average molecular weight is 303 g/mol. The maximum Gasteiger partial charge on any atom is 0.410 e. The van der Waals surface area contributed by atoms with E-state index in [1.165, 1.54) is 0 Å². The van der Waals surface area contributed by atoms with E-state index in [1.807, 2.05) is 26.8 Å². The predicted molar refractivity (Wildman–Crippen MR) is 83.8 cm³/mol. The molecule has 0 bridgehead atoms. The van der Waals surface area contributed by atoms with Crippen LogP contribution in [-0.4, -0.2) is 40.7 Å². The molecule has 2 aromatic heterocycles. The van der Waals surface area contributed by atoms with Crippen molar-refractivity contribution in [2.24, 2.45) is 0 Å². The molecule has 1 amide bonds. The van der Waals surface area contributed by atoms with Gasteiger partial charge in [0.1, 0.15) is 5.60 Å². The van der Waals surface area contributed by atoms with E-state index in [1.54, 1.807) is 23.6 Å². The van der Waals surface area contributed by atoms with Gasteiger partial charge in [0, 0.05) is 30.7 Å². The summed E-state index contributed by atoms with van der Waals surface area (Å²) in [6, 6.07) is 2.06. The summed E-state index contributed by atoms with van der Waals surface area (Å²) < 4.78 is 10.9. The van der Waals surface area contributed by atoms with Crippen LogP contribution in [0, 0.1) is 0 Å². The standard InChI is InChI=1S/C16H21N3O3/c1-16(2,3)22-15(20)19-6-4-12(10-19)18-13-9-17-8-11-5-7-21-14(11)13/h5,7-9,12,18H,4,6,10H2,1-3H3/t12-/m0/s1. The Labute approximate surface area is 129 Å². The van der Waals surface area contributed by atoms with Crippen LogP contribution in [0.15, 0.2) is 29.1 Å². The third-order valence-corrected chi connectivity index (χ3v) is 3.56. The maximum atomic E-state index is 12.1. The fourth-order valence-corrected chi connectivity index (χ4v) is 2.58. The molecule has 0 aromatic carbocycles. The molecule has 1 fully saturated rings. The summed E-state index contributed by atoms with van der Waals surface area (Å²) in [5, 5.41) is 4.38. The molecule has 0 aliphatic carbocycles. The topological polar surface area (TPSA) is 67.6 Å². The van der Waals surface area contributed by atoms with Gasteiger partial charge in [-0.15, -0.1) is 0 Å². The molecule has 3 rings (SSSR count). The van der Waals surface area contributed by atoms with Gasteiger partial charge in [-0.3, -0.25) is 4.98 Å². The molecule has 2 aromatic rings. The van der Waals surface area contributed by atoms with Crippen LogP contribution < -0.4 is 5.32 Å². The number of nitrogens with zero attached hydrogens (tertiary/aromatic N) is 2. The van der Waals surface area contributed by atoms with Gasteiger partial charge in [0.2, 0.25) is 0 Å². The third kappa shape index (κ3) is 3.16. The lowest BCUT2D eigenvalue weighted by atomic mass is 10.2. The summed E-state index contributed by atoms with van der Waals surface area (Å²) in [5.41, 5.74) is 1.19. The van der Waals surface area contributed by atoms with Gasteiger partial charge in [-0.2, -0.15) is 0 Å². The molecule has 0 saturated carbocycles. The van der Waals surface area contributed by atoms with E-state index in [-0.39, 0.29) is 12.1 Å². The number of nitrogens with one attached hydrogen (secondary N) is 1. The van der Waals surface area contributed by atoms with E-state index in [9.17, 15) is 4.79 Å². The number of pyridine rings is 1. The van der Waals surface area contributed by atoms with Crippen LogP contribution in [0.2, 0.25) is 0 Å². The van der Waals surface area contributed by atoms with Crippen molar-refractivity contribution in [1.29, 1.82) is 0 Å². The SMILES string of the molecule is CC(C)(C)OC(=O)N1CC[C@H](Nc2cncc3ccoc23)C1. The number of aromatic nitrogens is 1. The van der Waals surface area contributed by atoms with Crippen molar-refractivity contribution >= 4 is 22.7 Å². The molecule has 1 saturated heterocycles. The molecular formula is C16H21N3O3. The molecule has 118 valence electrons. The van der Waals surface area contributed by atoms with Gasteiger partial charge in [0.25, 0.3) is 0 Å². The van der Waals surface area contributed by atoms with Crippen LogP contribution in [0.1, 0.15) is 27.2 Å². The average Bonchev–Trinajstić information content (AvgIpc) is 3.05. The number of likely N-dealkylation sites (tertiary alicyclic amines) is 1. The smallest absolute Gasteiger partial charge is 0.410 e. The summed E-state index contributed by atoms with van der Waals surface area (Å²) in [5.74, 6) is 0. The normalized spacial score (nSPS) is 18.7. The molecule has 0 radical (unpaired) electrons. The van der Waals surface area contributed by atoms with Crippen molar-refractivity contribution < 1.29 is 13.9 Å². The van der Waals surface area contributed by atoms with Crippen LogP contribution in [0.3, 0.4) is 0 Å². The Hall–Kier alpha value is -2.24. The van der Waals surface area contributed by atoms with E-state index < -0.39 is 5.60 Å². The number of hydrogen-bond acceptors (Lipinski definition) is 5. The van der Waals surface area contributed by atoms with Crippen molar-refractivity contribution in [2.75, 3.05) is 18.4 Å². The Morgan fingerprint density at radius 3 is 3.05 bits per heavy atom. The zero-order valence-corrected chi connectivity index (χ0v) is 13.1. The Kier molecular flexibility index (Phi) is 3.68. The van der Waals surface area contributed by atoms with Gasteiger partial charge in [-0.05, 0) is 33.3 Å². The number of hydrogen-bond donors (Lipinski definition) is 1. The number of anilines is 1. The van der Waals surface area contributed by atoms with Crippen LogP contribution >= 0.6 is 0 Å². The van der Waals surface area contributed by atoms with E-state index in [2.05, 4.69) is 10.3 Å². The summed E-state index contributed by atoms with van der Waals surface area (Å²) in [4.78, 5) is 18.0. The molecular weight excluding hydrogens is 282 g/mol. The number of rotatable bonds is 2. The minimum absolute atomic E-state index is 0.171. The van der Waals surface area contributed by atoms with Crippen molar-refractivity contribution in [3.63, 3.8) is 0 Å². The summed E-state index contributed by atoms with van der Waals surface area (Å²) >= 11 is 0. The van der Waals surface area contributed by atoms with Crippen LogP contribution in [-0.2, 0) is 4.74 Å². The van der Waals surface area contributed by atoms with Crippen molar-refractivity contribution in [2.45, 2.75) is 38.8 Å². The zero-order valence-electron chi connectivity index (χ0n) is 13.1. The maximum absolute atomic E-state index is 12.1. The van der Waals surface area contributed by atoms with Crippen LogP contribution in [0.5, 0.6) is 0 Å².